The van der Waals surface area contributed by atoms with Gasteiger partial charge in [-0.1, -0.05) is 20.3 Å². The summed E-state index contributed by atoms with van der Waals surface area (Å²) in [6.45, 7) is 3.17. The van der Waals surface area contributed by atoms with Crippen molar-refractivity contribution in [2.24, 2.45) is 17.4 Å². The Hall–Kier alpha value is -2.34. The number of carbonyl (C=O) groups excluding carboxylic acids is 4. The zero-order chi connectivity index (χ0) is 21.9. The molecule has 11 nitrogen and oxygen atoms in total. The summed E-state index contributed by atoms with van der Waals surface area (Å²) in [5, 5.41) is 16.0. The number of nitrogens with two attached hydrogens (primary N) is 2. The Bertz CT molecular complexity index is 588. The van der Waals surface area contributed by atoms with E-state index in [1.54, 1.807) is 0 Å². The average Bonchev–Trinajstić information content (AvgIpc) is 2.65. The summed E-state index contributed by atoms with van der Waals surface area (Å²) in [5.74, 6) is -4.09. The molecular formula is C16H29N5O6S. The Balaban J connectivity index is 4.61. The third kappa shape index (κ3) is 9.55. The number of hydrogen-bond acceptors (Lipinski definition) is 7. The van der Waals surface area contributed by atoms with Crippen molar-refractivity contribution >= 4 is 42.2 Å². The van der Waals surface area contributed by atoms with E-state index in [0.717, 1.165) is 0 Å². The van der Waals surface area contributed by atoms with Crippen LogP contribution in [0.3, 0.4) is 0 Å². The van der Waals surface area contributed by atoms with Crippen molar-refractivity contribution in [1.82, 2.24) is 16.0 Å². The van der Waals surface area contributed by atoms with Gasteiger partial charge in [0, 0.05) is 12.2 Å². The van der Waals surface area contributed by atoms with Crippen molar-refractivity contribution in [3.63, 3.8) is 0 Å². The standard InChI is InChI=1S/C16H29N5O6S/c1-3-8(2)13(18)15(25)21-10(7-28)14(24)19-6-12(23)20-9(16(26)27)4-5-11(17)22/h8-10,13,28H,3-7,18H2,1-2H3,(H2,17,22)(H,19,24)(H,20,23)(H,21,25)(H,26,27). The molecule has 0 aliphatic heterocycles. The summed E-state index contributed by atoms with van der Waals surface area (Å²) in [5.41, 5.74) is 10.8. The minimum Gasteiger partial charge on any atom is -0.480 e. The molecule has 12 heteroatoms. The van der Waals surface area contributed by atoms with Gasteiger partial charge in [-0.15, -0.1) is 0 Å². The number of rotatable bonds is 13. The minimum atomic E-state index is -1.33. The van der Waals surface area contributed by atoms with Crippen LogP contribution in [0, 0.1) is 5.92 Å². The number of amides is 4. The van der Waals surface area contributed by atoms with Crippen LogP contribution < -0.4 is 27.4 Å². The third-order valence-corrected chi connectivity index (χ3v) is 4.48. The van der Waals surface area contributed by atoms with Crippen LogP contribution in [0.25, 0.3) is 0 Å². The van der Waals surface area contributed by atoms with Crippen LogP contribution in [0.4, 0.5) is 0 Å². The fourth-order valence-corrected chi connectivity index (χ4v) is 2.31. The molecule has 0 heterocycles. The molecule has 0 aliphatic carbocycles. The lowest BCUT2D eigenvalue weighted by molar-refractivity contribution is -0.142. The van der Waals surface area contributed by atoms with Crippen molar-refractivity contribution in [2.45, 2.75) is 51.2 Å². The van der Waals surface area contributed by atoms with Gasteiger partial charge in [-0.05, 0) is 12.3 Å². The Morgan fingerprint density at radius 1 is 1.07 bits per heavy atom. The largest absolute Gasteiger partial charge is 0.480 e. The molecule has 4 unspecified atom stereocenters. The first-order valence-electron chi connectivity index (χ1n) is 8.78. The summed E-state index contributed by atoms with van der Waals surface area (Å²) < 4.78 is 0. The van der Waals surface area contributed by atoms with Gasteiger partial charge < -0.3 is 32.5 Å². The number of carboxylic acids is 1. The Kier molecular flexibility index (Phi) is 11.9. The van der Waals surface area contributed by atoms with Crippen molar-refractivity contribution in [1.29, 1.82) is 0 Å². The van der Waals surface area contributed by atoms with Gasteiger partial charge in [0.1, 0.15) is 12.1 Å². The molecule has 4 atom stereocenters. The van der Waals surface area contributed by atoms with Crippen LogP contribution >= 0.6 is 12.6 Å². The number of carboxylic acid groups (broad SMARTS) is 1. The second-order valence-electron chi connectivity index (χ2n) is 6.34. The molecule has 0 bridgehead atoms. The van der Waals surface area contributed by atoms with Gasteiger partial charge in [0.2, 0.25) is 23.6 Å². The molecule has 0 aliphatic rings. The van der Waals surface area contributed by atoms with Crippen LogP contribution in [0.15, 0.2) is 0 Å². The zero-order valence-corrected chi connectivity index (χ0v) is 16.8. The summed E-state index contributed by atoms with van der Waals surface area (Å²) in [7, 11) is 0. The smallest absolute Gasteiger partial charge is 0.326 e. The highest BCUT2D eigenvalue weighted by atomic mass is 32.1. The first-order chi connectivity index (χ1) is 13.0. The van der Waals surface area contributed by atoms with Crippen LogP contribution in [-0.2, 0) is 24.0 Å². The van der Waals surface area contributed by atoms with E-state index in [1.807, 2.05) is 13.8 Å². The lowest BCUT2D eigenvalue weighted by atomic mass is 9.99. The molecule has 0 rings (SSSR count). The van der Waals surface area contributed by atoms with E-state index in [2.05, 4.69) is 28.6 Å². The number of aliphatic carboxylic acids is 1. The number of hydrogen-bond donors (Lipinski definition) is 7. The topological polar surface area (TPSA) is 194 Å². The van der Waals surface area contributed by atoms with Crippen molar-refractivity contribution < 1.29 is 29.1 Å². The molecule has 0 radical (unpaired) electrons. The van der Waals surface area contributed by atoms with Gasteiger partial charge in [-0.25, -0.2) is 4.79 Å². The Morgan fingerprint density at radius 2 is 1.68 bits per heavy atom. The number of nitrogens with one attached hydrogen (secondary N) is 3. The first kappa shape index (κ1) is 25.7. The fourth-order valence-electron chi connectivity index (χ4n) is 2.05. The molecule has 0 aromatic rings. The highest BCUT2D eigenvalue weighted by molar-refractivity contribution is 7.80. The Morgan fingerprint density at radius 3 is 2.14 bits per heavy atom. The van der Waals surface area contributed by atoms with Crippen molar-refractivity contribution in [3.05, 3.63) is 0 Å². The van der Waals surface area contributed by atoms with Gasteiger partial charge in [0.05, 0.1) is 12.6 Å². The SMILES string of the molecule is CCC(C)C(N)C(=O)NC(CS)C(=O)NCC(=O)NC(CCC(N)=O)C(=O)O. The Labute approximate surface area is 168 Å². The third-order valence-electron chi connectivity index (χ3n) is 4.11. The van der Waals surface area contributed by atoms with Crippen molar-refractivity contribution in [3.8, 4) is 0 Å². The van der Waals surface area contributed by atoms with E-state index in [1.165, 1.54) is 0 Å². The normalized spacial score (nSPS) is 14.9. The average molecular weight is 420 g/mol. The molecule has 0 saturated heterocycles. The monoisotopic (exact) mass is 419 g/mol. The molecule has 0 saturated carbocycles. The van der Waals surface area contributed by atoms with E-state index in [9.17, 15) is 24.0 Å². The van der Waals surface area contributed by atoms with E-state index < -0.39 is 54.3 Å². The van der Waals surface area contributed by atoms with Crippen LogP contribution in [-0.4, -0.2) is 65.1 Å². The molecule has 4 amide bonds. The van der Waals surface area contributed by atoms with Crippen LogP contribution in [0.5, 0.6) is 0 Å². The van der Waals surface area contributed by atoms with Crippen LogP contribution in [0.2, 0.25) is 0 Å². The van der Waals surface area contributed by atoms with E-state index in [4.69, 9.17) is 16.6 Å². The summed E-state index contributed by atoms with van der Waals surface area (Å²) >= 11 is 4.01. The molecular weight excluding hydrogens is 390 g/mol. The number of carbonyl (C=O) groups is 5. The molecule has 0 aromatic heterocycles. The lowest BCUT2D eigenvalue weighted by Crippen LogP contribution is -2.55. The second-order valence-corrected chi connectivity index (χ2v) is 6.70. The van der Waals surface area contributed by atoms with Gasteiger partial charge >= 0.3 is 5.97 Å². The second kappa shape index (κ2) is 12.9. The van der Waals surface area contributed by atoms with Gasteiger partial charge in [0.15, 0.2) is 0 Å². The number of thiol groups is 1. The van der Waals surface area contributed by atoms with Gasteiger partial charge in [-0.3, -0.25) is 19.2 Å². The summed E-state index contributed by atoms with van der Waals surface area (Å²) in [6, 6.07) is -3.11. The molecule has 28 heavy (non-hydrogen) atoms. The predicted molar refractivity (Wildman–Crippen MR) is 104 cm³/mol. The lowest BCUT2D eigenvalue weighted by Gasteiger charge is -2.22. The van der Waals surface area contributed by atoms with Gasteiger partial charge in [0.25, 0.3) is 0 Å². The number of primary amides is 1. The fraction of sp³-hybridized carbons (Fsp3) is 0.688. The first-order valence-corrected chi connectivity index (χ1v) is 9.41. The maximum atomic E-state index is 12.1. The molecule has 160 valence electrons. The molecule has 0 fully saturated rings. The maximum absolute atomic E-state index is 12.1. The van der Waals surface area contributed by atoms with Crippen LogP contribution in [0.1, 0.15) is 33.1 Å². The summed E-state index contributed by atoms with van der Waals surface area (Å²) in [6.07, 6.45) is 0.300. The van der Waals surface area contributed by atoms with E-state index in [-0.39, 0.29) is 24.5 Å². The van der Waals surface area contributed by atoms with E-state index >= 15 is 0 Å². The maximum Gasteiger partial charge on any atom is 0.326 e. The molecule has 0 spiro atoms. The quantitative estimate of drug-likeness (QED) is 0.163. The summed E-state index contributed by atoms with van der Waals surface area (Å²) in [4.78, 5) is 57.9. The van der Waals surface area contributed by atoms with Gasteiger partial charge in [-0.2, -0.15) is 12.6 Å². The van der Waals surface area contributed by atoms with E-state index in [0.29, 0.717) is 6.42 Å². The minimum absolute atomic E-state index is 0.0250. The highest BCUT2D eigenvalue weighted by Crippen LogP contribution is 2.05. The molecule has 8 N–H and O–H groups in total. The molecule has 0 aromatic carbocycles. The predicted octanol–water partition coefficient (Wildman–Crippen LogP) is -2.27. The zero-order valence-electron chi connectivity index (χ0n) is 15.9. The highest BCUT2D eigenvalue weighted by Gasteiger charge is 2.26. The van der Waals surface area contributed by atoms with Crippen molar-refractivity contribution in [2.75, 3.05) is 12.3 Å².